The fourth-order valence-corrected chi connectivity index (χ4v) is 3.16. The molecule has 0 radical (unpaired) electrons. The summed E-state index contributed by atoms with van der Waals surface area (Å²) in [7, 11) is 1.80. The molecule has 0 bridgehead atoms. The normalized spacial score (nSPS) is 16.0. The minimum atomic E-state index is -0.343. The van der Waals surface area contributed by atoms with Crippen molar-refractivity contribution in [2.24, 2.45) is 0 Å². The highest BCUT2D eigenvalue weighted by molar-refractivity contribution is 5.94. The van der Waals surface area contributed by atoms with E-state index in [1.54, 1.807) is 16.8 Å². The van der Waals surface area contributed by atoms with Crippen LogP contribution >= 0.6 is 0 Å². The number of hydrogen-bond donors (Lipinski definition) is 1. The number of ether oxygens (including phenoxy) is 1. The zero-order valence-electron chi connectivity index (χ0n) is 15.9. The highest BCUT2D eigenvalue weighted by atomic mass is 16.5. The van der Waals surface area contributed by atoms with Gasteiger partial charge in [-0.2, -0.15) is 0 Å². The van der Waals surface area contributed by atoms with Crippen LogP contribution in [0.4, 0.5) is 5.69 Å². The second-order valence-electron chi connectivity index (χ2n) is 6.85. The zero-order valence-corrected chi connectivity index (χ0v) is 15.9. The summed E-state index contributed by atoms with van der Waals surface area (Å²) in [6.07, 6.45) is 0. The maximum absolute atomic E-state index is 12.5. The number of amides is 2. The van der Waals surface area contributed by atoms with Gasteiger partial charge in [0.05, 0.1) is 25.8 Å². The number of morpholine rings is 1. The number of carbonyl (C=O) groups is 2. The highest BCUT2D eigenvalue weighted by Gasteiger charge is 2.26. The summed E-state index contributed by atoms with van der Waals surface area (Å²) in [5, 5.41) is 2.98. The number of nitrogens with one attached hydrogen (secondary N) is 1. The maximum atomic E-state index is 12.5. The third-order valence-corrected chi connectivity index (χ3v) is 4.68. The molecule has 6 nitrogen and oxygen atoms in total. The Morgan fingerprint density at radius 2 is 1.76 bits per heavy atom. The van der Waals surface area contributed by atoms with Crippen LogP contribution in [-0.4, -0.2) is 67.6 Å². The van der Waals surface area contributed by atoms with Crippen LogP contribution in [0, 0.1) is 20.8 Å². The van der Waals surface area contributed by atoms with E-state index in [9.17, 15) is 9.59 Å². The molecule has 1 heterocycles. The van der Waals surface area contributed by atoms with Crippen LogP contribution < -0.4 is 5.32 Å². The van der Waals surface area contributed by atoms with Crippen LogP contribution in [0.3, 0.4) is 0 Å². The number of carbonyl (C=O) groups excluding carboxylic acids is 2. The molecule has 6 heteroatoms. The van der Waals surface area contributed by atoms with E-state index < -0.39 is 0 Å². The molecule has 1 N–H and O–H groups in total. The number of rotatable bonds is 5. The van der Waals surface area contributed by atoms with Crippen molar-refractivity contribution in [2.45, 2.75) is 33.7 Å². The Balaban J connectivity index is 1.94. The maximum Gasteiger partial charge on any atom is 0.239 e. The molecule has 1 aromatic rings. The molecule has 1 aliphatic heterocycles. The number of anilines is 1. The van der Waals surface area contributed by atoms with Gasteiger partial charge < -0.3 is 15.0 Å². The van der Waals surface area contributed by atoms with Crippen molar-refractivity contribution >= 4 is 17.5 Å². The molecule has 2 rings (SSSR count). The lowest BCUT2D eigenvalue weighted by Gasteiger charge is -2.32. The summed E-state index contributed by atoms with van der Waals surface area (Å²) in [5.74, 6) is -0.0690. The average Bonchev–Trinajstić information content (AvgIpc) is 2.57. The lowest BCUT2D eigenvalue weighted by Crippen LogP contribution is -2.50. The highest BCUT2D eigenvalue weighted by Crippen LogP contribution is 2.21. The molecule has 1 aliphatic rings. The van der Waals surface area contributed by atoms with Gasteiger partial charge in [0, 0.05) is 18.8 Å². The Labute approximate surface area is 150 Å². The Kier molecular flexibility index (Phi) is 6.56. The van der Waals surface area contributed by atoms with E-state index in [2.05, 4.69) is 17.4 Å². The minimum absolute atomic E-state index is 0.0429. The summed E-state index contributed by atoms with van der Waals surface area (Å²) >= 11 is 0. The SMILES string of the molecule is Cc1cc(C)c(NC(=O)CN(C)C(C)C(=O)N2CCOCC2)c(C)c1. The van der Waals surface area contributed by atoms with Crippen molar-refractivity contribution in [3.05, 3.63) is 28.8 Å². The summed E-state index contributed by atoms with van der Waals surface area (Å²) in [6, 6.07) is 3.76. The van der Waals surface area contributed by atoms with Gasteiger partial charge in [0.15, 0.2) is 0 Å². The average molecular weight is 347 g/mol. The summed E-state index contributed by atoms with van der Waals surface area (Å²) in [6.45, 7) is 10.4. The molecule has 0 aromatic heterocycles. The molecular weight excluding hydrogens is 318 g/mol. The Bertz CT molecular complexity index is 616. The van der Waals surface area contributed by atoms with Crippen LogP contribution in [0.1, 0.15) is 23.6 Å². The van der Waals surface area contributed by atoms with E-state index in [0.29, 0.717) is 26.3 Å². The van der Waals surface area contributed by atoms with Gasteiger partial charge >= 0.3 is 0 Å². The van der Waals surface area contributed by atoms with E-state index in [-0.39, 0.29) is 24.4 Å². The summed E-state index contributed by atoms with van der Waals surface area (Å²) in [5.41, 5.74) is 4.13. The molecule has 0 saturated carbocycles. The second-order valence-corrected chi connectivity index (χ2v) is 6.85. The molecule has 1 unspecified atom stereocenters. The molecule has 1 saturated heterocycles. The van der Waals surface area contributed by atoms with E-state index in [0.717, 1.165) is 16.8 Å². The Hall–Kier alpha value is -1.92. The smallest absolute Gasteiger partial charge is 0.239 e. The van der Waals surface area contributed by atoms with Gasteiger partial charge in [0.1, 0.15) is 0 Å². The van der Waals surface area contributed by atoms with Crippen LogP contribution in [0.5, 0.6) is 0 Å². The first kappa shape index (κ1) is 19.4. The number of benzene rings is 1. The van der Waals surface area contributed by atoms with Crippen LogP contribution in [-0.2, 0) is 14.3 Å². The standard InChI is InChI=1S/C19H29N3O3/c1-13-10-14(2)18(15(3)11-13)20-17(23)12-21(5)16(4)19(24)22-6-8-25-9-7-22/h10-11,16H,6-9,12H2,1-5H3,(H,20,23). The Morgan fingerprint density at radius 3 is 2.32 bits per heavy atom. The second kappa shape index (κ2) is 8.45. The zero-order chi connectivity index (χ0) is 18.6. The van der Waals surface area contributed by atoms with E-state index in [4.69, 9.17) is 4.74 Å². The molecule has 2 amide bonds. The molecule has 0 spiro atoms. The van der Waals surface area contributed by atoms with Gasteiger partial charge in [-0.05, 0) is 45.9 Å². The van der Waals surface area contributed by atoms with Crippen LogP contribution in [0.2, 0.25) is 0 Å². The summed E-state index contributed by atoms with van der Waals surface area (Å²) in [4.78, 5) is 28.5. The monoisotopic (exact) mass is 347 g/mol. The minimum Gasteiger partial charge on any atom is -0.378 e. The number of hydrogen-bond acceptors (Lipinski definition) is 4. The first-order chi connectivity index (χ1) is 11.8. The topological polar surface area (TPSA) is 61.9 Å². The first-order valence-corrected chi connectivity index (χ1v) is 8.74. The van der Waals surface area contributed by atoms with Gasteiger partial charge in [0.2, 0.25) is 11.8 Å². The first-order valence-electron chi connectivity index (χ1n) is 8.74. The van der Waals surface area contributed by atoms with E-state index in [1.165, 1.54) is 5.56 Å². The van der Waals surface area contributed by atoms with Gasteiger partial charge in [-0.1, -0.05) is 17.7 Å². The van der Waals surface area contributed by atoms with Crippen LogP contribution in [0.25, 0.3) is 0 Å². The molecule has 0 aliphatic carbocycles. The molecule has 1 fully saturated rings. The predicted molar refractivity (Wildman–Crippen MR) is 98.8 cm³/mol. The fraction of sp³-hybridized carbons (Fsp3) is 0.579. The Morgan fingerprint density at radius 1 is 1.20 bits per heavy atom. The fourth-order valence-electron chi connectivity index (χ4n) is 3.16. The number of aryl methyl sites for hydroxylation is 3. The van der Waals surface area contributed by atoms with Gasteiger partial charge in [-0.15, -0.1) is 0 Å². The lowest BCUT2D eigenvalue weighted by molar-refractivity contribution is -0.140. The third-order valence-electron chi connectivity index (χ3n) is 4.68. The van der Waals surface area contributed by atoms with E-state index in [1.807, 2.05) is 27.7 Å². The summed E-state index contributed by atoms with van der Waals surface area (Å²) < 4.78 is 5.28. The van der Waals surface area contributed by atoms with E-state index >= 15 is 0 Å². The van der Waals surface area contributed by atoms with Gasteiger partial charge in [-0.3, -0.25) is 14.5 Å². The van der Waals surface area contributed by atoms with Crippen molar-refractivity contribution in [1.29, 1.82) is 0 Å². The molecule has 1 aromatic carbocycles. The molecule has 138 valence electrons. The third kappa shape index (κ3) is 5.03. The number of nitrogens with zero attached hydrogens (tertiary/aromatic N) is 2. The quantitative estimate of drug-likeness (QED) is 0.881. The van der Waals surface area contributed by atoms with Crippen molar-refractivity contribution in [3.8, 4) is 0 Å². The molecular formula is C19H29N3O3. The van der Waals surface area contributed by atoms with Crippen LogP contribution in [0.15, 0.2) is 12.1 Å². The van der Waals surface area contributed by atoms with Crippen molar-refractivity contribution in [2.75, 3.05) is 45.2 Å². The van der Waals surface area contributed by atoms with Gasteiger partial charge in [-0.25, -0.2) is 0 Å². The number of likely N-dealkylation sites (N-methyl/N-ethyl adjacent to an activating group) is 1. The van der Waals surface area contributed by atoms with Crippen molar-refractivity contribution < 1.29 is 14.3 Å². The van der Waals surface area contributed by atoms with Gasteiger partial charge in [0.25, 0.3) is 0 Å². The molecule has 1 atom stereocenters. The van der Waals surface area contributed by atoms with Crippen molar-refractivity contribution in [3.63, 3.8) is 0 Å². The lowest BCUT2D eigenvalue weighted by atomic mass is 10.1. The largest absolute Gasteiger partial charge is 0.378 e. The predicted octanol–water partition coefficient (Wildman–Crippen LogP) is 1.73. The molecule has 25 heavy (non-hydrogen) atoms. The van der Waals surface area contributed by atoms with Crippen molar-refractivity contribution in [1.82, 2.24) is 9.80 Å².